The van der Waals surface area contributed by atoms with Crippen LogP contribution in [0.2, 0.25) is 0 Å². The number of esters is 1. The third kappa shape index (κ3) is 3.63. The zero-order valence-electron chi connectivity index (χ0n) is 22.0. The third-order valence-electron chi connectivity index (χ3n) is 8.57. The van der Waals surface area contributed by atoms with Crippen LogP contribution in [-0.2, 0) is 19.6 Å². The summed E-state index contributed by atoms with van der Waals surface area (Å²) in [5, 5.41) is 0. The van der Waals surface area contributed by atoms with E-state index in [4.69, 9.17) is 14.2 Å². The van der Waals surface area contributed by atoms with Crippen molar-refractivity contribution in [1.82, 2.24) is 0 Å². The van der Waals surface area contributed by atoms with Crippen LogP contribution < -0.4 is 0 Å². The predicted octanol–water partition coefficient (Wildman–Crippen LogP) is 7.06. The Morgan fingerprint density at radius 3 is 2.49 bits per heavy atom. The van der Waals surface area contributed by atoms with Gasteiger partial charge in [0.25, 0.3) is 0 Å². The molecule has 1 aromatic rings. The Morgan fingerprint density at radius 2 is 1.86 bits per heavy atom. The van der Waals surface area contributed by atoms with Gasteiger partial charge in [-0.15, -0.1) is 0 Å². The fourth-order valence-electron chi connectivity index (χ4n) is 7.06. The summed E-state index contributed by atoms with van der Waals surface area (Å²) in [4.78, 5) is 13.7. The van der Waals surface area contributed by atoms with Crippen LogP contribution in [0, 0.1) is 11.3 Å². The summed E-state index contributed by atoms with van der Waals surface area (Å²) in [6.07, 6.45) is 11.2. The third-order valence-corrected chi connectivity index (χ3v) is 8.57. The first-order valence-corrected chi connectivity index (χ1v) is 13.5. The van der Waals surface area contributed by atoms with Gasteiger partial charge in [-0.3, -0.25) is 0 Å². The van der Waals surface area contributed by atoms with Gasteiger partial charge in [0.15, 0.2) is 5.60 Å². The van der Waals surface area contributed by atoms with Gasteiger partial charge in [0.2, 0.25) is 0 Å². The SMILES string of the molecule is CCOCC1=C(C2=CCCC2)[C@]23CCC[C@H]2C(OCC)=C[C@]13OC(=O)c1ccc(C(C)(C)C)cc1. The standard InChI is InChI=1S/C31H40O4/c1-6-33-20-25-27(21-11-8-9-12-21)30-18-10-13-24(30)26(34-7-2)19-31(25,30)35-28(32)22-14-16-23(17-15-22)29(3,4)5/h11,14-17,19,24H,6-10,12-13,18,20H2,1-5H3/t24-,30-,31-/m0/s1. The molecule has 4 aliphatic carbocycles. The van der Waals surface area contributed by atoms with E-state index in [1.165, 1.54) is 23.1 Å². The molecular formula is C31H40O4. The van der Waals surface area contributed by atoms with E-state index in [1.807, 2.05) is 38.1 Å². The Bertz CT molecular complexity index is 1080. The van der Waals surface area contributed by atoms with Crippen LogP contribution in [0.5, 0.6) is 0 Å². The van der Waals surface area contributed by atoms with Crippen molar-refractivity contribution in [2.45, 2.75) is 84.2 Å². The first kappa shape index (κ1) is 24.4. The molecule has 0 bridgehead atoms. The fourth-order valence-corrected chi connectivity index (χ4v) is 7.06. The smallest absolute Gasteiger partial charge is 0.339 e. The molecule has 35 heavy (non-hydrogen) atoms. The van der Waals surface area contributed by atoms with Crippen LogP contribution in [0.1, 0.15) is 89.1 Å². The van der Waals surface area contributed by atoms with Gasteiger partial charge in [0.05, 0.1) is 24.2 Å². The second kappa shape index (κ2) is 8.96. The molecule has 1 spiro atoms. The summed E-state index contributed by atoms with van der Waals surface area (Å²) in [6.45, 7) is 12.3. The fraction of sp³-hybridized carbons (Fsp3) is 0.581. The van der Waals surface area contributed by atoms with Gasteiger partial charge in [-0.25, -0.2) is 4.79 Å². The maximum atomic E-state index is 13.7. The van der Waals surface area contributed by atoms with E-state index in [1.54, 1.807) is 0 Å². The molecule has 0 aromatic heterocycles. The minimum absolute atomic E-state index is 0.0358. The van der Waals surface area contributed by atoms with Crippen molar-refractivity contribution in [3.05, 3.63) is 70.0 Å². The highest BCUT2D eigenvalue weighted by Gasteiger charge is 2.75. The first-order valence-electron chi connectivity index (χ1n) is 13.5. The Balaban J connectivity index is 1.58. The van der Waals surface area contributed by atoms with Gasteiger partial charge in [0.1, 0.15) is 5.76 Å². The zero-order valence-corrected chi connectivity index (χ0v) is 22.0. The van der Waals surface area contributed by atoms with E-state index in [0.29, 0.717) is 25.4 Å². The topological polar surface area (TPSA) is 44.8 Å². The van der Waals surface area contributed by atoms with Gasteiger partial charge in [-0.05, 0) is 80.2 Å². The Hall–Kier alpha value is -2.33. The predicted molar refractivity (Wildman–Crippen MR) is 138 cm³/mol. The monoisotopic (exact) mass is 476 g/mol. The lowest BCUT2D eigenvalue weighted by Crippen LogP contribution is -2.61. The molecule has 4 nitrogen and oxygen atoms in total. The van der Waals surface area contributed by atoms with Gasteiger partial charge >= 0.3 is 5.97 Å². The number of rotatable bonds is 8. The Morgan fingerprint density at radius 1 is 1.09 bits per heavy atom. The lowest BCUT2D eigenvalue weighted by Gasteiger charge is -2.57. The first-order chi connectivity index (χ1) is 16.8. The highest BCUT2D eigenvalue weighted by Crippen LogP contribution is 2.74. The Labute approximate surface area is 210 Å². The molecule has 1 saturated carbocycles. The molecule has 3 atom stereocenters. The summed E-state index contributed by atoms with van der Waals surface area (Å²) in [6, 6.07) is 7.91. The van der Waals surface area contributed by atoms with Crippen molar-refractivity contribution in [2.24, 2.45) is 11.3 Å². The molecule has 0 unspecified atom stereocenters. The molecule has 4 aliphatic rings. The van der Waals surface area contributed by atoms with Crippen molar-refractivity contribution >= 4 is 5.97 Å². The van der Waals surface area contributed by atoms with E-state index in [0.717, 1.165) is 43.4 Å². The zero-order chi connectivity index (χ0) is 24.8. The van der Waals surface area contributed by atoms with Crippen molar-refractivity contribution in [3.8, 4) is 0 Å². The normalized spacial score (nSPS) is 29.3. The molecule has 188 valence electrons. The van der Waals surface area contributed by atoms with Crippen molar-refractivity contribution in [2.75, 3.05) is 19.8 Å². The molecule has 1 aromatic carbocycles. The molecule has 1 fully saturated rings. The molecule has 5 rings (SSSR count). The van der Waals surface area contributed by atoms with Gasteiger partial charge in [-0.1, -0.05) is 45.4 Å². The lowest BCUT2D eigenvalue weighted by molar-refractivity contribution is -0.0640. The van der Waals surface area contributed by atoms with Crippen LogP contribution >= 0.6 is 0 Å². The van der Waals surface area contributed by atoms with Crippen LogP contribution in [0.25, 0.3) is 0 Å². The number of allylic oxidation sites excluding steroid dienone is 3. The summed E-state index contributed by atoms with van der Waals surface area (Å²) in [7, 11) is 0. The quantitative estimate of drug-likeness (QED) is 0.377. The van der Waals surface area contributed by atoms with Gasteiger partial charge in [0, 0.05) is 24.2 Å². The van der Waals surface area contributed by atoms with E-state index < -0.39 is 5.60 Å². The maximum Gasteiger partial charge on any atom is 0.339 e. The highest BCUT2D eigenvalue weighted by atomic mass is 16.6. The number of carbonyl (C=O) groups is 1. The minimum Gasteiger partial charge on any atom is -0.498 e. The molecule has 0 amide bonds. The number of hydrogen-bond donors (Lipinski definition) is 0. The summed E-state index contributed by atoms with van der Waals surface area (Å²) in [5.41, 5.74) is 4.82. The summed E-state index contributed by atoms with van der Waals surface area (Å²) in [5.74, 6) is 1.00. The van der Waals surface area contributed by atoms with Gasteiger partial charge in [-0.2, -0.15) is 0 Å². The molecular weight excluding hydrogens is 436 g/mol. The van der Waals surface area contributed by atoms with E-state index in [-0.39, 0.29) is 22.7 Å². The van der Waals surface area contributed by atoms with Crippen molar-refractivity contribution < 1.29 is 19.0 Å². The Kier molecular flexibility index (Phi) is 6.24. The van der Waals surface area contributed by atoms with Crippen LogP contribution in [0.15, 0.2) is 58.9 Å². The summed E-state index contributed by atoms with van der Waals surface area (Å²) < 4.78 is 18.8. The largest absolute Gasteiger partial charge is 0.498 e. The number of ether oxygens (including phenoxy) is 3. The highest BCUT2D eigenvalue weighted by molar-refractivity contribution is 5.91. The average molecular weight is 477 g/mol. The second-order valence-corrected chi connectivity index (χ2v) is 11.5. The van der Waals surface area contributed by atoms with E-state index >= 15 is 0 Å². The number of carbonyl (C=O) groups excluding carboxylic acids is 1. The van der Waals surface area contributed by atoms with Crippen molar-refractivity contribution in [1.29, 1.82) is 0 Å². The lowest BCUT2D eigenvalue weighted by atomic mass is 9.50. The molecule has 4 heteroatoms. The summed E-state index contributed by atoms with van der Waals surface area (Å²) >= 11 is 0. The molecule has 0 saturated heterocycles. The molecule has 0 heterocycles. The van der Waals surface area contributed by atoms with Crippen LogP contribution in [0.3, 0.4) is 0 Å². The molecule has 0 aliphatic heterocycles. The van der Waals surface area contributed by atoms with Crippen molar-refractivity contribution in [3.63, 3.8) is 0 Å². The van der Waals surface area contributed by atoms with Crippen LogP contribution in [0.4, 0.5) is 0 Å². The molecule has 0 radical (unpaired) electrons. The number of hydrogen-bond acceptors (Lipinski definition) is 4. The maximum absolute atomic E-state index is 13.7. The van der Waals surface area contributed by atoms with E-state index in [2.05, 4.69) is 32.9 Å². The number of benzene rings is 1. The minimum atomic E-state index is -0.785. The van der Waals surface area contributed by atoms with E-state index in [9.17, 15) is 4.79 Å². The second-order valence-electron chi connectivity index (χ2n) is 11.5. The average Bonchev–Trinajstić information content (AvgIpc) is 3.55. The van der Waals surface area contributed by atoms with Crippen LogP contribution in [-0.4, -0.2) is 31.4 Å². The molecule has 0 N–H and O–H groups in total. The van der Waals surface area contributed by atoms with Gasteiger partial charge < -0.3 is 14.2 Å².